The van der Waals surface area contributed by atoms with Crippen molar-refractivity contribution in [2.75, 3.05) is 14.2 Å². The first-order valence-corrected chi connectivity index (χ1v) is 6.52. The third kappa shape index (κ3) is 2.25. The Morgan fingerprint density at radius 2 is 2.00 bits per heavy atom. The summed E-state index contributed by atoms with van der Waals surface area (Å²) in [4.78, 5) is 11.7. The van der Waals surface area contributed by atoms with Crippen LogP contribution in [0.25, 0.3) is 10.9 Å². The van der Waals surface area contributed by atoms with Crippen LogP contribution in [-0.2, 0) is 9.53 Å². The normalized spacial score (nSPS) is 12.7. The van der Waals surface area contributed by atoms with Crippen LogP contribution in [0.4, 0.5) is 0 Å². The summed E-state index contributed by atoms with van der Waals surface area (Å²) in [7, 11) is 2.96. The van der Waals surface area contributed by atoms with Crippen LogP contribution < -0.4 is 10.5 Å². The highest BCUT2D eigenvalue weighted by Gasteiger charge is 2.24. The summed E-state index contributed by atoms with van der Waals surface area (Å²) >= 11 is 0. The maximum absolute atomic E-state index is 11.7. The van der Waals surface area contributed by atoms with E-state index in [2.05, 4.69) is 0 Å². The molecule has 1 aromatic carbocycles. The number of benzene rings is 1. The van der Waals surface area contributed by atoms with Crippen LogP contribution in [-0.4, -0.2) is 24.8 Å². The molecule has 0 aliphatic heterocycles. The van der Waals surface area contributed by atoms with Crippen molar-refractivity contribution in [3.05, 3.63) is 30.0 Å². The monoisotopic (exact) mass is 276 g/mol. The molecule has 20 heavy (non-hydrogen) atoms. The van der Waals surface area contributed by atoms with Crippen LogP contribution in [0.15, 0.2) is 24.3 Å². The van der Waals surface area contributed by atoms with Gasteiger partial charge in [0.1, 0.15) is 11.8 Å². The van der Waals surface area contributed by atoms with Crippen molar-refractivity contribution in [1.29, 1.82) is 0 Å². The Labute approximate surface area is 118 Å². The number of ether oxygens (including phenoxy) is 2. The minimum atomic E-state index is -0.806. The zero-order valence-electron chi connectivity index (χ0n) is 12.2. The molecule has 0 saturated heterocycles. The molecule has 1 aromatic heterocycles. The second-order valence-corrected chi connectivity index (χ2v) is 4.93. The number of hydrogen-bond donors (Lipinski definition) is 1. The van der Waals surface area contributed by atoms with Gasteiger partial charge < -0.3 is 19.8 Å². The number of fused-ring (bicyclic) bond motifs is 1. The summed E-state index contributed by atoms with van der Waals surface area (Å²) in [6, 6.07) is 7.07. The van der Waals surface area contributed by atoms with Crippen molar-refractivity contribution >= 4 is 16.9 Å². The number of carbonyl (C=O) groups excluding carboxylic acids is 1. The van der Waals surface area contributed by atoms with Crippen molar-refractivity contribution < 1.29 is 14.3 Å². The lowest BCUT2D eigenvalue weighted by Crippen LogP contribution is -2.25. The highest BCUT2D eigenvalue weighted by Crippen LogP contribution is 2.33. The standard InChI is InChI=1S/C15H20N2O3/c1-9(2)17-11-6-5-7-13(19-3)10(11)8-12(17)14(16)15(18)20-4/h5-9,14H,16H2,1-4H3. The molecular weight excluding hydrogens is 256 g/mol. The summed E-state index contributed by atoms with van der Waals surface area (Å²) in [5, 5.41) is 0.943. The molecule has 5 nitrogen and oxygen atoms in total. The Morgan fingerprint density at radius 3 is 2.55 bits per heavy atom. The van der Waals surface area contributed by atoms with Crippen molar-refractivity contribution in [3.8, 4) is 5.75 Å². The number of nitrogens with zero attached hydrogens (tertiary/aromatic N) is 1. The van der Waals surface area contributed by atoms with E-state index in [1.54, 1.807) is 7.11 Å². The Bertz CT molecular complexity index is 631. The van der Waals surface area contributed by atoms with Crippen LogP contribution in [0.2, 0.25) is 0 Å². The molecule has 2 aromatic rings. The van der Waals surface area contributed by atoms with Crippen LogP contribution in [0.1, 0.15) is 31.6 Å². The van der Waals surface area contributed by atoms with Crippen LogP contribution in [0.5, 0.6) is 5.75 Å². The van der Waals surface area contributed by atoms with Gasteiger partial charge in [-0.25, -0.2) is 4.79 Å². The van der Waals surface area contributed by atoms with Gasteiger partial charge in [-0.3, -0.25) is 0 Å². The van der Waals surface area contributed by atoms with E-state index in [9.17, 15) is 4.79 Å². The summed E-state index contributed by atoms with van der Waals surface area (Å²) in [6.45, 7) is 4.10. The van der Waals surface area contributed by atoms with E-state index in [-0.39, 0.29) is 6.04 Å². The third-order valence-electron chi connectivity index (χ3n) is 3.38. The molecule has 0 radical (unpaired) electrons. The quantitative estimate of drug-likeness (QED) is 0.871. The van der Waals surface area contributed by atoms with Gasteiger partial charge >= 0.3 is 5.97 Å². The van der Waals surface area contributed by atoms with E-state index in [4.69, 9.17) is 15.2 Å². The number of rotatable bonds is 4. The number of nitrogens with two attached hydrogens (primary N) is 1. The summed E-state index contributed by atoms with van der Waals surface area (Å²) < 4.78 is 12.2. The van der Waals surface area contributed by atoms with Crippen LogP contribution in [0.3, 0.4) is 0 Å². The van der Waals surface area contributed by atoms with Gasteiger partial charge in [0.05, 0.1) is 19.7 Å². The van der Waals surface area contributed by atoms with Crippen LogP contribution >= 0.6 is 0 Å². The van der Waals surface area contributed by atoms with Gasteiger partial charge in [0, 0.05) is 17.1 Å². The lowest BCUT2D eigenvalue weighted by atomic mass is 10.2. The molecule has 2 rings (SSSR count). The summed E-state index contributed by atoms with van der Waals surface area (Å²) in [6.07, 6.45) is 0. The van der Waals surface area contributed by atoms with Crippen molar-refractivity contribution in [1.82, 2.24) is 4.57 Å². The van der Waals surface area contributed by atoms with Crippen molar-refractivity contribution in [3.63, 3.8) is 0 Å². The first-order chi connectivity index (χ1) is 9.51. The van der Waals surface area contributed by atoms with E-state index in [1.165, 1.54) is 7.11 Å². The minimum Gasteiger partial charge on any atom is -0.496 e. The zero-order chi connectivity index (χ0) is 14.9. The molecule has 5 heteroatoms. The minimum absolute atomic E-state index is 0.172. The molecule has 108 valence electrons. The second kappa shape index (κ2) is 5.54. The number of carbonyl (C=O) groups is 1. The lowest BCUT2D eigenvalue weighted by molar-refractivity contribution is -0.142. The van der Waals surface area contributed by atoms with Crippen LogP contribution in [0, 0.1) is 0 Å². The molecule has 0 aliphatic rings. The molecule has 0 saturated carbocycles. The van der Waals surface area contributed by atoms with E-state index < -0.39 is 12.0 Å². The molecule has 1 heterocycles. The maximum atomic E-state index is 11.7. The van der Waals surface area contributed by atoms with Gasteiger partial charge in [-0.15, -0.1) is 0 Å². The Kier molecular flexibility index (Phi) is 3.99. The summed E-state index contributed by atoms with van der Waals surface area (Å²) in [5.41, 5.74) is 7.73. The number of methoxy groups -OCH3 is 2. The van der Waals surface area contributed by atoms with E-state index in [0.717, 1.165) is 22.3 Å². The van der Waals surface area contributed by atoms with Gasteiger partial charge in [0.2, 0.25) is 0 Å². The van der Waals surface area contributed by atoms with E-state index in [1.807, 2.05) is 42.7 Å². The Balaban J connectivity index is 2.70. The highest BCUT2D eigenvalue weighted by atomic mass is 16.5. The topological polar surface area (TPSA) is 66.5 Å². The molecule has 1 unspecified atom stereocenters. The average Bonchev–Trinajstić information content (AvgIpc) is 2.84. The maximum Gasteiger partial charge on any atom is 0.328 e. The van der Waals surface area contributed by atoms with Gasteiger partial charge in [-0.1, -0.05) is 6.07 Å². The molecule has 0 bridgehead atoms. The second-order valence-electron chi connectivity index (χ2n) is 4.93. The molecule has 1 atom stereocenters. The molecule has 0 spiro atoms. The zero-order valence-corrected chi connectivity index (χ0v) is 12.2. The molecule has 0 aliphatic carbocycles. The Hall–Kier alpha value is -2.01. The molecule has 0 fully saturated rings. The van der Waals surface area contributed by atoms with Crippen molar-refractivity contribution in [2.45, 2.75) is 25.9 Å². The highest BCUT2D eigenvalue weighted by molar-refractivity contribution is 5.89. The van der Waals surface area contributed by atoms with Gasteiger partial charge in [0.15, 0.2) is 0 Å². The fourth-order valence-electron chi connectivity index (χ4n) is 2.49. The van der Waals surface area contributed by atoms with E-state index >= 15 is 0 Å². The number of esters is 1. The fraction of sp³-hybridized carbons (Fsp3) is 0.400. The Morgan fingerprint density at radius 1 is 1.30 bits per heavy atom. The molecule has 0 amide bonds. The van der Waals surface area contributed by atoms with Gasteiger partial charge in [-0.2, -0.15) is 0 Å². The lowest BCUT2D eigenvalue weighted by Gasteiger charge is -2.17. The predicted molar refractivity (Wildman–Crippen MR) is 77.8 cm³/mol. The van der Waals surface area contributed by atoms with E-state index in [0.29, 0.717) is 0 Å². The third-order valence-corrected chi connectivity index (χ3v) is 3.38. The molecule has 2 N–H and O–H groups in total. The van der Waals surface area contributed by atoms with Crippen molar-refractivity contribution in [2.24, 2.45) is 5.73 Å². The molecular formula is C15H20N2O3. The summed E-state index contributed by atoms with van der Waals surface area (Å²) in [5.74, 6) is 0.314. The number of aromatic nitrogens is 1. The first kappa shape index (κ1) is 14.4. The largest absolute Gasteiger partial charge is 0.496 e. The fourth-order valence-corrected chi connectivity index (χ4v) is 2.49. The predicted octanol–water partition coefficient (Wildman–Crippen LogP) is 2.40. The smallest absolute Gasteiger partial charge is 0.328 e. The SMILES string of the molecule is COC(=O)C(N)c1cc2c(OC)cccc2n1C(C)C. The number of hydrogen-bond acceptors (Lipinski definition) is 4. The van der Waals surface area contributed by atoms with Gasteiger partial charge in [0.25, 0.3) is 0 Å². The average molecular weight is 276 g/mol. The van der Waals surface area contributed by atoms with Gasteiger partial charge in [-0.05, 0) is 32.0 Å². The first-order valence-electron chi connectivity index (χ1n) is 6.52.